The summed E-state index contributed by atoms with van der Waals surface area (Å²) in [5.74, 6) is -0.302. The minimum absolute atomic E-state index is 0.0846. The minimum atomic E-state index is -0.891. The van der Waals surface area contributed by atoms with E-state index in [-0.39, 0.29) is 12.5 Å². The van der Waals surface area contributed by atoms with Gasteiger partial charge in [0.15, 0.2) is 5.76 Å². The molecule has 2 unspecified atom stereocenters. The first-order valence-electron chi connectivity index (χ1n) is 5.60. The Labute approximate surface area is 99.3 Å². The first-order valence-corrected chi connectivity index (χ1v) is 5.60. The number of hydrogen-bond acceptors (Lipinski definition) is 4. The van der Waals surface area contributed by atoms with Gasteiger partial charge in [0.25, 0.3) is 0 Å². The van der Waals surface area contributed by atoms with E-state index in [0.29, 0.717) is 18.8 Å². The van der Waals surface area contributed by atoms with Crippen LogP contribution in [0.1, 0.15) is 31.3 Å². The largest absolute Gasteiger partial charge is 0.481 e. The summed E-state index contributed by atoms with van der Waals surface area (Å²) in [6, 6.07) is 3.66. The second-order valence-corrected chi connectivity index (χ2v) is 4.34. The first kappa shape index (κ1) is 12.1. The number of carboxylic acids is 1. The van der Waals surface area contributed by atoms with Gasteiger partial charge in [-0.2, -0.15) is 0 Å². The monoisotopic (exact) mass is 240 g/mol. The molecule has 1 aliphatic rings. The molecule has 2 atom stereocenters. The molecule has 1 saturated heterocycles. The van der Waals surface area contributed by atoms with E-state index in [1.54, 1.807) is 6.92 Å². The maximum absolute atomic E-state index is 10.5. The van der Waals surface area contributed by atoms with Crippen LogP contribution in [0.15, 0.2) is 16.5 Å². The van der Waals surface area contributed by atoms with Crippen molar-refractivity contribution >= 4 is 5.97 Å². The molecule has 0 aliphatic carbocycles. The van der Waals surface area contributed by atoms with Crippen molar-refractivity contribution in [1.29, 1.82) is 0 Å². The predicted molar refractivity (Wildman–Crippen MR) is 58.5 cm³/mol. The fourth-order valence-electron chi connectivity index (χ4n) is 1.87. The highest BCUT2D eigenvalue weighted by atomic mass is 16.8. The highest BCUT2D eigenvalue weighted by molar-refractivity contribution is 5.66. The molecule has 0 amide bonds. The van der Waals surface area contributed by atoms with Crippen LogP contribution in [-0.2, 0) is 20.1 Å². The number of furan rings is 1. The van der Waals surface area contributed by atoms with Gasteiger partial charge in [0, 0.05) is 6.42 Å². The summed E-state index contributed by atoms with van der Waals surface area (Å²) < 4.78 is 16.8. The van der Waals surface area contributed by atoms with Crippen LogP contribution in [-0.4, -0.2) is 23.8 Å². The Hall–Kier alpha value is -1.33. The number of carbonyl (C=O) groups is 1. The van der Waals surface area contributed by atoms with Crippen molar-refractivity contribution in [2.75, 3.05) is 6.61 Å². The molecule has 17 heavy (non-hydrogen) atoms. The SMILES string of the molecule is Cc1ccc(C2(C)OCC(CCC(=O)O)O2)o1. The van der Waals surface area contributed by atoms with Gasteiger partial charge in [0.2, 0.25) is 5.79 Å². The van der Waals surface area contributed by atoms with E-state index < -0.39 is 11.8 Å². The Morgan fingerprint density at radius 2 is 2.35 bits per heavy atom. The summed E-state index contributed by atoms with van der Waals surface area (Å²) in [5.41, 5.74) is 0. The van der Waals surface area contributed by atoms with E-state index in [0.717, 1.165) is 5.76 Å². The Morgan fingerprint density at radius 1 is 1.59 bits per heavy atom. The lowest BCUT2D eigenvalue weighted by Gasteiger charge is -2.20. The van der Waals surface area contributed by atoms with Crippen molar-refractivity contribution in [3.8, 4) is 0 Å². The maximum atomic E-state index is 10.5. The minimum Gasteiger partial charge on any atom is -0.481 e. The summed E-state index contributed by atoms with van der Waals surface area (Å²) in [6.07, 6.45) is 0.341. The van der Waals surface area contributed by atoms with Gasteiger partial charge in [-0.15, -0.1) is 0 Å². The van der Waals surface area contributed by atoms with Crippen LogP contribution in [0.25, 0.3) is 0 Å². The second kappa shape index (κ2) is 4.50. The van der Waals surface area contributed by atoms with E-state index in [1.807, 2.05) is 19.1 Å². The molecule has 2 heterocycles. The third kappa shape index (κ3) is 2.68. The van der Waals surface area contributed by atoms with Crippen LogP contribution in [0, 0.1) is 6.92 Å². The number of carboxylic acid groups (broad SMARTS) is 1. The number of aryl methyl sites for hydroxylation is 1. The Kier molecular flexibility index (Phi) is 3.22. The van der Waals surface area contributed by atoms with Gasteiger partial charge >= 0.3 is 5.97 Å². The first-order chi connectivity index (χ1) is 7.99. The number of aliphatic carboxylic acids is 1. The fourth-order valence-corrected chi connectivity index (χ4v) is 1.87. The normalized spacial score (nSPS) is 28.5. The Balaban J connectivity index is 1.98. The zero-order valence-corrected chi connectivity index (χ0v) is 9.93. The molecule has 1 aliphatic heterocycles. The molecule has 2 rings (SSSR count). The summed E-state index contributed by atoms with van der Waals surface area (Å²) in [4.78, 5) is 10.5. The Bertz CT molecular complexity index is 411. The van der Waals surface area contributed by atoms with E-state index in [2.05, 4.69) is 0 Å². The van der Waals surface area contributed by atoms with Crippen molar-refractivity contribution in [2.24, 2.45) is 0 Å². The molecular weight excluding hydrogens is 224 g/mol. The van der Waals surface area contributed by atoms with Gasteiger partial charge in [0.05, 0.1) is 12.7 Å². The molecule has 1 fully saturated rings. The third-order valence-corrected chi connectivity index (χ3v) is 2.80. The van der Waals surface area contributed by atoms with Gasteiger partial charge < -0.3 is 19.0 Å². The van der Waals surface area contributed by atoms with Crippen LogP contribution in [0.5, 0.6) is 0 Å². The third-order valence-electron chi connectivity index (χ3n) is 2.80. The second-order valence-electron chi connectivity index (χ2n) is 4.34. The number of hydrogen-bond donors (Lipinski definition) is 1. The van der Waals surface area contributed by atoms with E-state index >= 15 is 0 Å². The van der Waals surface area contributed by atoms with Crippen LogP contribution < -0.4 is 0 Å². The fraction of sp³-hybridized carbons (Fsp3) is 0.583. The maximum Gasteiger partial charge on any atom is 0.303 e. The highest BCUT2D eigenvalue weighted by Crippen LogP contribution is 2.35. The summed E-state index contributed by atoms with van der Waals surface area (Å²) in [7, 11) is 0. The van der Waals surface area contributed by atoms with Crippen molar-refractivity contribution < 1.29 is 23.8 Å². The lowest BCUT2D eigenvalue weighted by atomic mass is 10.2. The van der Waals surface area contributed by atoms with Crippen LogP contribution in [0.3, 0.4) is 0 Å². The van der Waals surface area contributed by atoms with Gasteiger partial charge in [-0.3, -0.25) is 4.79 Å². The molecule has 5 nitrogen and oxygen atoms in total. The molecule has 1 aromatic heterocycles. The average molecular weight is 240 g/mol. The summed E-state index contributed by atoms with van der Waals surface area (Å²) >= 11 is 0. The molecule has 0 spiro atoms. The highest BCUT2D eigenvalue weighted by Gasteiger charge is 2.41. The molecule has 0 saturated carbocycles. The molecule has 0 bridgehead atoms. The van der Waals surface area contributed by atoms with E-state index in [1.165, 1.54) is 0 Å². The smallest absolute Gasteiger partial charge is 0.303 e. The summed E-state index contributed by atoms with van der Waals surface area (Å²) in [5, 5.41) is 8.61. The van der Waals surface area contributed by atoms with Crippen molar-refractivity contribution in [3.63, 3.8) is 0 Å². The lowest BCUT2D eigenvalue weighted by Crippen LogP contribution is -2.23. The topological polar surface area (TPSA) is 68.9 Å². The van der Waals surface area contributed by atoms with Gasteiger partial charge in [-0.05, 0) is 32.4 Å². The zero-order valence-electron chi connectivity index (χ0n) is 9.93. The van der Waals surface area contributed by atoms with Gasteiger partial charge in [0.1, 0.15) is 5.76 Å². The standard InChI is InChI=1S/C12H16O5/c1-8-3-5-10(16-8)12(2)15-7-9(17-12)4-6-11(13)14/h3,5,9H,4,6-7H2,1-2H3,(H,13,14). The van der Waals surface area contributed by atoms with Crippen molar-refractivity contribution in [3.05, 3.63) is 23.7 Å². The molecule has 5 heteroatoms. The molecular formula is C12H16O5. The van der Waals surface area contributed by atoms with Crippen LogP contribution in [0.4, 0.5) is 0 Å². The van der Waals surface area contributed by atoms with Crippen LogP contribution >= 0.6 is 0 Å². The van der Waals surface area contributed by atoms with Crippen LogP contribution in [0.2, 0.25) is 0 Å². The van der Waals surface area contributed by atoms with E-state index in [9.17, 15) is 4.79 Å². The zero-order chi connectivity index (χ0) is 12.5. The van der Waals surface area contributed by atoms with Gasteiger partial charge in [-0.25, -0.2) is 0 Å². The lowest BCUT2D eigenvalue weighted by molar-refractivity contribution is -0.175. The Morgan fingerprint density at radius 3 is 2.94 bits per heavy atom. The molecule has 1 aromatic rings. The summed E-state index contributed by atoms with van der Waals surface area (Å²) in [6.45, 7) is 4.03. The average Bonchev–Trinajstić information content (AvgIpc) is 2.83. The molecule has 1 N–H and O–H groups in total. The number of ether oxygens (including phenoxy) is 2. The van der Waals surface area contributed by atoms with Crippen molar-refractivity contribution in [2.45, 2.75) is 38.6 Å². The van der Waals surface area contributed by atoms with Gasteiger partial charge in [-0.1, -0.05) is 0 Å². The quantitative estimate of drug-likeness (QED) is 0.872. The van der Waals surface area contributed by atoms with Crippen molar-refractivity contribution in [1.82, 2.24) is 0 Å². The molecule has 94 valence electrons. The molecule has 0 radical (unpaired) electrons. The molecule has 0 aromatic carbocycles. The predicted octanol–water partition coefficient (Wildman–Crippen LogP) is 2.04. The van der Waals surface area contributed by atoms with E-state index in [4.69, 9.17) is 19.0 Å². The number of rotatable bonds is 4.